The van der Waals surface area contributed by atoms with Crippen molar-refractivity contribution in [2.75, 3.05) is 44.8 Å². The number of hydrogen-bond acceptors (Lipinski definition) is 6. The number of methoxy groups -OCH3 is 1. The van der Waals surface area contributed by atoms with E-state index in [0.29, 0.717) is 23.8 Å². The van der Waals surface area contributed by atoms with Crippen LogP contribution in [0.5, 0.6) is 11.5 Å². The number of benzene rings is 2. The zero-order valence-corrected chi connectivity index (χ0v) is 20.3. The summed E-state index contributed by atoms with van der Waals surface area (Å²) in [6.45, 7) is 10.3. The van der Waals surface area contributed by atoms with Gasteiger partial charge >= 0.3 is 0 Å². The van der Waals surface area contributed by atoms with Gasteiger partial charge in [-0.1, -0.05) is 44.6 Å². The Bertz CT molecular complexity index is 1020. The van der Waals surface area contributed by atoms with Crippen molar-refractivity contribution in [2.45, 2.75) is 33.6 Å². The molecular formula is C25H33N3O3S. The fourth-order valence-electron chi connectivity index (χ4n) is 3.41. The van der Waals surface area contributed by atoms with Crippen molar-refractivity contribution in [3.05, 3.63) is 48.0 Å². The Labute approximate surface area is 194 Å². The van der Waals surface area contributed by atoms with Gasteiger partial charge in [0, 0.05) is 24.7 Å². The number of nitrogens with zero attached hydrogens (tertiary/aromatic N) is 3. The van der Waals surface area contributed by atoms with Crippen LogP contribution < -0.4 is 14.4 Å². The molecule has 0 atom stereocenters. The summed E-state index contributed by atoms with van der Waals surface area (Å²) < 4.78 is 12.2. The highest BCUT2D eigenvalue weighted by atomic mass is 32.1. The van der Waals surface area contributed by atoms with Crippen LogP contribution in [0.4, 0.5) is 5.13 Å². The Morgan fingerprint density at radius 2 is 1.84 bits per heavy atom. The molecule has 0 N–H and O–H groups in total. The van der Waals surface area contributed by atoms with E-state index >= 15 is 0 Å². The van der Waals surface area contributed by atoms with Gasteiger partial charge in [-0.25, -0.2) is 4.98 Å². The molecule has 32 heavy (non-hydrogen) atoms. The molecule has 0 aliphatic carbocycles. The maximum absolute atomic E-state index is 13.6. The molecule has 1 aromatic heterocycles. The second-order valence-corrected chi connectivity index (χ2v) is 8.55. The molecule has 2 aromatic carbocycles. The number of likely N-dealkylation sites (N-methyl/N-ethyl adjacent to an activating group) is 1. The molecule has 1 heterocycles. The molecule has 6 nitrogen and oxygen atoms in total. The number of rotatable bonds is 12. The predicted molar refractivity (Wildman–Crippen MR) is 132 cm³/mol. The quantitative estimate of drug-likeness (QED) is 0.339. The van der Waals surface area contributed by atoms with Crippen molar-refractivity contribution in [2.24, 2.45) is 0 Å². The third-order valence-corrected chi connectivity index (χ3v) is 6.50. The topological polar surface area (TPSA) is 54.9 Å². The third-order valence-electron chi connectivity index (χ3n) is 5.44. The van der Waals surface area contributed by atoms with Crippen LogP contribution in [0.2, 0.25) is 0 Å². The molecule has 0 fully saturated rings. The van der Waals surface area contributed by atoms with E-state index in [2.05, 4.69) is 25.7 Å². The van der Waals surface area contributed by atoms with Crippen LogP contribution in [0.3, 0.4) is 0 Å². The van der Waals surface area contributed by atoms with Gasteiger partial charge in [0.2, 0.25) is 0 Å². The van der Waals surface area contributed by atoms with Crippen molar-refractivity contribution in [3.63, 3.8) is 0 Å². The van der Waals surface area contributed by atoms with E-state index in [1.807, 2.05) is 42.5 Å². The first-order valence-corrected chi connectivity index (χ1v) is 12.1. The Hall–Kier alpha value is -2.64. The number of thiazole rings is 1. The number of anilines is 1. The normalized spacial score (nSPS) is 11.2. The molecular weight excluding hydrogens is 422 g/mol. The summed E-state index contributed by atoms with van der Waals surface area (Å²) in [6, 6.07) is 13.3. The molecule has 0 saturated heterocycles. The number of aromatic nitrogens is 1. The molecule has 172 valence electrons. The van der Waals surface area contributed by atoms with Gasteiger partial charge in [0.25, 0.3) is 5.91 Å². The van der Waals surface area contributed by atoms with E-state index in [1.54, 1.807) is 12.0 Å². The second-order valence-electron chi connectivity index (χ2n) is 7.54. The smallest absolute Gasteiger partial charge is 0.260 e. The Morgan fingerprint density at radius 1 is 1.03 bits per heavy atom. The molecule has 3 aromatic rings. The van der Waals surface area contributed by atoms with Crippen LogP contribution in [-0.4, -0.2) is 55.7 Å². The van der Waals surface area contributed by atoms with Crippen molar-refractivity contribution >= 4 is 32.6 Å². The molecule has 0 saturated carbocycles. The Morgan fingerprint density at radius 3 is 2.56 bits per heavy atom. The second kappa shape index (κ2) is 11.8. The number of ether oxygens (including phenoxy) is 2. The first-order valence-electron chi connectivity index (χ1n) is 11.3. The molecule has 0 spiro atoms. The van der Waals surface area contributed by atoms with Gasteiger partial charge in [-0.3, -0.25) is 9.69 Å². The highest BCUT2D eigenvalue weighted by Gasteiger charge is 2.22. The van der Waals surface area contributed by atoms with Crippen LogP contribution in [0.1, 0.15) is 44.0 Å². The lowest BCUT2D eigenvalue weighted by atomic mass is 10.2. The van der Waals surface area contributed by atoms with Crippen molar-refractivity contribution in [1.29, 1.82) is 0 Å². The first-order chi connectivity index (χ1) is 15.6. The summed E-state index contributed by atoms with van der Waals surface area (Å²) in [5.41, 5.74) is 1.44. The minimum atomic E-state index is -0.0656. The monoisotopic (exact) mass is 455 g/mol. The molecule has 0 aliphatic rings. The van der Waals surface area contributed by atoms with Gasteiger partial charge in [0.05, 0.1) is 23.9 Å². The van der Waals surface area contributed by atoms with Gasteiger partial charge in [-0.05, 0) is 49.8 Å². The van der Waals surface area contributed by atoms with Crippen molar-refractivity contribution < 1.29 is 14.3 Å². The predicted octanol–water partition coefficient (Wildman–Crippen LogP) is 5.47. The summed E-state index contributed by atoms with van der Waals surface area (Å²) >= 11 is 1.52. The number of amides is 1. The maximum atomic E-state index is 13.6. The molecule has 0 aliphatic heterocycles. The average molecular weight is 456 g/mol. The number of carbonyl (C=O) groups excluding carboxylic acids is 1. The molecule has 0 radical (unpaired) electrons. The first kappa shape index (κ1) is 24.0. The Kier molecular flexibility index (Phi) is 8.88. The van der Waals surface area contributed by atoms with Gasteiger partial charge in [0.15, 0.2) is 5.13 Å². The third kappa shape index (κ3) is 5.99. The lowest BCUT2D eigenvalue weighted by Crippen LogP contribution is -2.38. The standard InChI is InChI=1S/C25H33N3O3S/c1-5-8-16-31-21-11-9-10-19(17-21)24(29)28(15-14-27(6-2)7-3)25-26-22-18-20(30-4)12-13-23(22)32-25/h9-13,17-18H,5-8,14-16H2,1-4H3. The van der Waals surface area contributed by atoms with Crippen LogP contribution in [0.15, 0.2) is 42.5 Å². The lowest BCUT2D eigenvalue weighted by molar-refractivity contribution is 0.0983. The van der Waals surface area contributed by atoms with Gasteiger partial charge in [-0.2, -0.15) is 0 Å². The van der Waals surface area contributed by atoms with Crippen molar-refractivity contribution in [1.82, 2.24) is 9.88 Å². The molecule has 1 amide bonds. The van der Waals surface area contributed by atoms with Gasteiger partial charge in [0.1, 0.15) is 11.5 Å². The fraction of sp³-hybridized carbons (Fsp3) is 0.440. The molecule has 0 bridgehead atoms. The fourth-order valence-corrected chi connectivity index (χ4v) is 4.38. The number of fused-ring (bicyclic) bond motifs is 1. The highest BCUT2D eigenvalue weighted by molar-refractivity contribution is 7.22. The molecule has 3 rings (SSSR count). The SMILES string of the molecule is CCCCOc1cccc(C(=O)N(CCN(CC)CC)c2nc3cc(OC)ccc3s2)c1. The van der Waals surface area contributed by atoms with Gasteiger partial charge < -0.3 is 14.4 Å². The average Bonchev–Trinajstić information content (AvgIpc) is 3.24. The maximum Gasteiger partial charge on any atom is 0.260 e. The lowest BCUT2D eigenvalue weighted by Gasteiger charge is -2.25. The molecule has 0 unspecified atom stereocenters. The van der Waals surface area contributed by atoms with Crippen LogP contribution in [0.25, 0.3) is 10.2 Å². The van der Waals surface area contributed by atoms with Crippen molar-refractivity contribution in [3.8, 4) is 11.5 Å². The van der Waals surface area contributed by atoms with E-state index in [1.165, 1.54) is 11.3 Å². The summed E-state index contributed by atoms with van der Waals surface area (Å²) in [7, 11) is 1.64. The van der Waals surface area contributed by atoms with E-state index < -0.39 is 0 Å². The number of carbonyl (C=O) groups is 1. The van der Waals surface area contributed by atoms with Crippen LogP contribution in [-0.2, 0) is 0 Å². The van der Waals surface area contributed by atoms with Gasteiger partial charge in [-0.15, -0.1) is 0 Å². The Balaban J connectivity index is 1.90. The van der Waals surface area contributed by atoms with E-state index in [9.17, 15) is 4.79 Å². The number of unbranched alkanes of at least 4 members (excludes halogenated alkanes) is 1. The van der Waals surface area contributed by atoms with E-state index in [-0.39, 0.29) is 5.91 Å². The highest BCUT2D eigenvalue weighted by Crippen LogP contribution is 2.32. The van der Waals surface area contributed by atoms with E-state index in [0.717, 1.165) is 54.2 Å². The minimum absolute atomic E-state index is 0.0656. The molecule has 7 heteroatoms. The minimum Gasteiger partial charge on any atom is -0.497 e. The van der Waals surface area contributed by atoms with E-state index in [4.69, 9.17) is 14.5 Å². The summed E-state index contributed by atoms with van der Waals surface area (Å²) in [5, 5.41) is 0.697. The largest absolute Gasteiger partial charge is 0.497 e. The number of hydrogen-bond donors (Lipinski definition) is 0. The zero-order valence-electron chi connectivity index (χ0n) is 19.5. The summed E-state index contributed by atoms with van der Waals surface area (Å²) in [4.78, 5) is 22.5. The van der Waals surface area contributed by atoms with Crippen LogP contribution >= 0.6 is 11.3 Å². The van der Waals surface area contributed by atoms with Crippen LogP contribution in [0, 0.1) is 0 Å². The summed E-state index contributed by atoms with van der Waals surface area (Å²) in [6.07, 6.45) is 2.06. The zero-order chi connectivity index (χ0) is 22.9. The summed E-state index contributed by atoms with van der Waals surface area (Å²) in [5.74, 6) is 1.42.